The summed E-state index contributed by atoms with van der Waals surface area (Å²) in [6.07, 6.45) is 26.8. The number of fused-ring (bicyclic) bond motifs is 2. The van der Waals surface area contributed by atoms with Crippen molar-refractivity contribution in [2.45, 2.75) is 232 Å². The minimum absolute atomic E-state index is 0.0224. The monoisotopic (exact) mass is 1520 g/mol. The molecule has 4 aromatic carbocycles. The molecule has 109 heavy (non-hydrogen) atoms. The Hall–Kier alpha value is -10.2. The number of carboxylic acid groups (broad SMARTS) is 1. The molecule has 4 amide bonds. The molecule has 0 spiro atoms. The van der Waals surface area contributed by atoms with Crippen LogP contribution in [0.4, 0.5) is 16.2 Å². The minimum atomic E-state index is -3.11. The van der Waals surface area contributed by atoms with E-state index < -0.39 is 28.5 Å². The Labute approximate surface area is 644 Å². The number of rotatable bonds is 43. The van der Waals surface area contributed by atoms with Crippen molar-refractivity contribution in [3.05, 3.63) is 172 Å². The van der Waals surface area contributed by atoms with Crippen LogP contribution < -0.4 is 42.4 Å². The largest absolute Gasteiger partial charge is 0.481 e. The van der Waals surface area contributed by atoms with Crippen molar-refractivity contribution in [2.75, 3.05) is 37.6 Å². The lowest BCUT2D eigenvalue weighted by atomic mass is 9.81. The summed E-state index contributed by atoms with van der Waals surface area (Å²) in [5, 5.41) is 20.5. The van der Waals surface area contributed by atoms with Gasteiger partial charge in [-0.1, -0.05) is 151 Å². The fraction of sp³-hybridized carbons (Fsp3) is 0.500. The number of carboxylic acids is 1. The van der Waals surface area contributed by atoms with E-state index in [-0.39, 0.29) is 90.2 Å². The summed E-state index contributed by atoms with van der Waals surface area (Å²) < 4.78 is 35.0. The van der Waals surface area contributed by atoms with E-state index in [1.54, 1.807) is 6.92 Å². The second-order valence-electron chi connectivity index (χ2n) is 28.6. The van der Waals surface area contributed by atoms with E-state index in [4.69, 9.17) is 53.1 Å². The van der Waals surface area contributed by atoms with Crippen LogP contribution in [0.3, 0.4) is 0 Å². The van der Waals surface area contributed by atoms with Gasteiger partial charge in [-0.3, -0.25) is 29.0 Å². The molecule has 0 aromatic heterocycles. The number of allylic oxidation sites excluding steroid dienone is 7. The number of anilines is 1. The lowest BCUT2D eigenvalue weighted by molar-refractivity contribution is -0.438. The van der Waals surface area contributed by atoms with Gasteiger partial charge >= 0.3 is 34.9 Å². The molecular formula is C84H114N9O15S+. The minimum Gasteiger partial charge on any atom is -0.481 e. The lowest BCUT2D eigenvalue weighted by Crippen LogP contribution is -2.44. The molecule has 0 bridgehead atoms. The van der Waals surface area contributed by atoms with Crippen LogP contribution in [0.15, 0.2) is 155 Å². The molecule has 9 N–H and O–H groups in total. The van der Waals surface area contributed by atoms with Gasteiger partial charge in [0.1, 0.15) is 23.8 Å². The van der Waals surface area contributed by atoms with Crippen LogP contribution in [0.25, 0.3) is 0 Å². The molecule has 0 unspecified atom stereocenters. The van der Waals surface area contributed by atoms with Crippen LogP contribution in [-0.4, -0.2) is 126 Å². The molecule has 0 saturated carbocycles. The first-order valence-corrected chi connectivity index (χ1v) is 39.2. The summed E-state index contributed by atoms with van der Waals surface area (Å²) in [6.45, 7) is 18.5. The number of hydrogen-bond donors (Lipinski definition) is 7. The maximum atomic E-state index is 14.4. The third-order valence-corrected chi connectivity index (χ3v) is 19.6. The Bertz CT molecular complexity index is 3980. The number of aliphatic imine (C=N–C) groups is 1. The van der Waals surface area contributed by atoms with Gasteiger partial charge in [-0.15, -0.1) is 12.6 Å². The van der Waals surface area contributed by atoms with Crippen molar-refractivity contribution in [1.29, 1.82) is 0 Å². The summed E-state index contributed by atoms with van der Waals surface area (Å²) in [5.41, 5.74) is 23.1. The number of aliphatic carboxylic acids is 1. The van der Waals surface area contributed by atoms with Crippen molar-refractivity contribution < 1.29 is 75.0 Å². The number of unbranched alkanes of at least 4 members (excludes halogenated alkanes) is 8. The van der Waals surface area contributed by atoms with Gasteiger partial charge in [-0.2, -0.15) is 23.8 Å². The Morgan fingerprint density at radius 3 is 1.95 bits per heavy atom. The normalized spacial score (nSPS) is 15.2. The summed E-state index contributed by atoms with van der Waals surface area (Å²) in [4.78, 5) is 117. The number of amides is 4. The maximum Gasteiger partial charge on any atom is 0.425 e. The van der Waals surface area contributed by atoms with Crippen LogP contribution in [0.5, 0.6) is 5.75 Å². The number of nitrogens with zero attached hydrogens (tertiary/aromatic N) is 3. The van der Waals surface area contributed by atoms with E-state index in [2.05, 4.69) is 162 Å². The smallest absolute Gasteiger partial charge is 0.425 e. The zero-order chi connectivity index (χ0) is 80.2. The fourth-order valence-corrected chi connectivity index (χ4v) is 13.9. The molecule has 25 heteroatoms. The molecule has 4 aromatic rings. The van der Waals surface area contributed by atoms with Gasteiger partial charge in [0.2, 0.25) is 17.5 Å². The highest BCUT2D eigenvalue weighted by Gasteiger charge is 2.44. The van der Waals surface area contributed by atoms with Crippen molar-refractivity contribution in [1.82, 2.24) is 21.3 Å². The topological polar surface area (TPSA) is 370 Å². The van der Waals surface area contributed by atoms with E-state index in [0.717, 1.165) is 113 Å². The number of carbonyl (C=O) groups excluding carboxylic acids is 9. The number of nitrogens with two attached hydrogens (primary N) is 2. The molecule has 24 nitrogen and oxygen atoms in total. The molecule has 0 saturated heterocycles. The molecule has 590 valence electrons. The zero-order valence-corrected chi connectivity index (χ0v) is 65.5. The summed E-state index contributed by atoms with van der Waals surface area (Å²) >= 11 is 0. The molecule has 0 fully saturated rings. The van der Waals surface area contributed by atoms with Crippen LogP contribution >= 0.6 is 0 Å². The predicted molar refractivity (Wildman–Crippen MR) is 419 cm³/mol. The van der Waals surface area contributed by atoms with Crippen molar-refractivity contribution in [3.8, 4) is 5.75 Å². The molecule has 2 heterocycles. The van der Waals surface area contributed by atoms with E-state index in [1.807, 2.05) is 42.5 Å². The number of ether oxygens (including phenoxy) is 1. The number of ketones is 2. The van der Waals surface area contributed by atoms with Crippen LogP contribution in [0.2, 0.25) is 0 Å². The van der Waals surface area contributed by atoms with Gasteiger partial charge in [-0.05, 0) is 162 Å². The van der Waals surface area contributed by atoms with Gasteiger partial charge in [-0.25, -0.2) is 4.79 Å². The highest BCUT2D eigenvalue weighted by Crippen LogP contribution is 2.48. The molecule has 7 rings (SSSR count). The van der Waals surface area contributed by atoms with Crippen molar-refractivity contribution in [3.63, 3.8) is 0 Å². The van der Waals surface area contributed by atoms with Crippen LogP contribution in [0.1, 0.15) is 218 Å². The fourth-order valence-electron chi connectivity index (χ4n) is 13.9. The van der Waals surface area contributed by atoms with Crippen molar-refractivity contribution in [2.24, 2.45) is 22.4 Å². The Kier molecular flexibility index (Phi) is 41.5. The summed E-state index contributed by atoms with van der Waals surface area (Å²) in [5.74, 6) is -0.558. The van der Waals surface area contributed by atoms with E-state index >= 15 is 0 Å². The molecule has 2 aliphatic heterocycles. The number of carbonyl (C=O) groups is 6. The number of urea groups is 1. The maximum absolute atomic E-state index is 14.4. The quantitative estimate of drug-likeness (QED) is 0.00936. The predicted octanol–water partition coefficient (Wildman–Crippen LogP) is 12.6. The highest BCUT2D eigenvalue weighted by atomic mass is 32.2. The number of nitrogens with one attached hydrogen (secondary N) is 4. The second-order valence-corrected chi connectivity index (χ2v) is 29.0. The zero-order valence-electron chi connectivity index (χ0n) is 64.6. The molecule has 1 aliphatic carbocycles. The first-order chi connectivity index (χ1) is 52.2. The SMILES string of the molecule is CCCCC[N+]1=C(/C=C/C2=C(Oc3ccc(CCNC(=O)[C@H](CCCN=C(N)N)CC(=O)[C@H](Cc4ccccc4)NC(=O)CCCCCCCCC(=O)CCCNC(=O)N[C@H](C)CCC(=O)O)cc3)C(=C/C=C3/N(CCCC)c4ccccc4C3(C)C)/CCC2)C(C)(C)c2ccccc21.O=C=O.O=C=O.O=S(=O)=O. The first kappa shape index (κ1) is 91.2. The van der Waals surface area contributed by atoms with Crippen LogP contribution in [0, 0.1) is 5.92 Å². The highest BCUT2D eigenvalue weighted by molar-refractivity contribution is 7.59. The summed E-state index contributed by atoms with van der Waals surface area (Å²) in [6, 6.07) is 34.0. The molecule has 0 radical (unpaired) electrons. The average molecular weight is 1520 g/mol. The number of guanidine groups is 1. The second kappa shape index (κ2) is 49.7. The first-order valence-electron chi connectivity index (χ1n) is 38.2. The Balaban J connectivity index is 0.00000237. The number of para-hydroxylation sites is 2. The Morgan fingerprint density at radius 1 is 0.670 bits per heavy atom. The third kappa shape index (κ3) is 32.2. The Morgan fingerprint density at radius 2 is 1.29 bits per heavy atom. The number of hydrogen-bond acceptors (Lipinski definition) is 16. The molecular weight excluding hydrogens is 1410 g/mol. The standard InChI is InChI=1S/C82H113N9O8.2CO2.O3S/c1-8-10-25-56-91-71-39-24-22-37-68(71)82(6,7)74(91)49-45-63-32-26-31-62(44-48-73-81(4,5)67-36-21-23-38-70(67)90(73)55-11-9-2)77(63)99-66-46-42-60(43-47-66)51-54-85-78(97)64(33-27-52-86-79(83)84)58-72(93)69(57-61-29-17-16-18-30-61)89-75(94)40-20-15-13-12-14-19-34-65(92)35-28-53-87-80(98)88-59(3)41-50-76(95)96;2*2-1-3;1-4(2)3/h16-18,21-24,29-30,36-39,42-49,59,64,69H,8-15,19-20,25-28,31-35,40-41,50-58H2,1-7H3,(H8-,83,84,85,86,87,88,89,94,95,96,97,98);;;/p+1/t59-,64-,69+;;;/m1.../s1. The van der Waals surface area contributed by atoms with Gasteiger partial charge < -0.3 is 47.5 Å². The number of benzene rings is 4. The van der Waals surface area contributed by atoms with Gasteiger partial charge in [0.05, 0.1) is 11.5 Å². The van der Waals surface area contributed by atoms with E-state index in [0.29, 0.717) is 71.0 Å². The van der Waals surface area contributed by atoms with Gasteiger partial charge in [0, 0.05) is 111 Å². The summed E-state index contributed by atoms with van der Waals surface area (Å²) in [7, 11) is -3.11. The molecule has 3 aliphatic rings. The van der Waals surface area contributed by atoms with Gasteiger partial charge in [0.15, 0.2) is 17.5 Å². The van der Waals surface area contributed by atoms with E-state index in [9.17, 15) is 28.8 Å². The van der Waals surface area contributed by atoms with E-state index in [1.165, 1.54) is 51.5 Å². The third-order valence-electron chi connectivity index (χ3n) is 19.6. The van der Waals surface area contributed by atoms with Crippen molar-refractivity contribution >= 4 is 81.3 Å². The van der Waals surface area contributed by atoms with Gasteiger partial charge in [0.25, 0.3) is 0 Å². The van der Waals surface area contributed by atoms with Crippen LogP contribution in [-0.2, 0) is 77.4 Å². The lowest BCUT2D eigenvalue weighted by Gasteiger charge is -2.27. The number of Topliss-reactive ketones (excluding diaryl/α,β-unsaturated/α-hetero) is 2. The molecule has 3 atom stereocenters. The average Bonchev–Trinajstić information content (AvgIpc) is 1.60.